The van der Waals surface area contributed by atoms with Crippen LogP contribution >= 0.6 is 11.6 Å². The van der Waals surface area contributed by atoms with Gasteiger partial charge >= 0.3 is 10.4 Å². The van der Waals surface area contributed by atoms with Crippen molar-refractivity contribution in [2.24, 2.45) is 10.2 Å². The van der Waals surface area contributed by atoms with E-state index in [0.717, 1.165) is 48.5 Å². The number of aromatic hydroxyl groups is 1. The third-order valence-electron chi connectivity index (χ3n) is 6.99. The molecule has 1 heterocycles. The number of rotatable bonds is 14. The van der Waals surface area contributed by atoms with E-state index in [2.05, 4.69) is 40.0 Å². The van der Waals surface area contributed by atoms with Crippen LogP contribution in [0.25, 0.3) is 10.8 Å². The maximum atomic E-state index is 12.5. The first-order valence-electron chi connectivity index (χ1n) is 14.5. The van der Waals surface area contributed by atoms with Crippen LogP contribution in [0.5, 0.6) is 5.75 Å². The molecule has 60 heavy (non-hydrogen) atoms. The number of phenols is 1. The second kappa shape index (κ2) is 22.3. The number of hydrogen-bond acceptors (Lipinski definition) is 19. The number of azo groups is 1. The van der Waals surface area contributed by atoms with Crippen molar-refractivity contribution in [3.05, 3.63) is 72.0 Å². The summed E-state index contributed by atoms with van der Waals surface area (Å²) in [7, 11) is -24.0. The van der Waals surface area contributed by atoms with Gasteiger partial charge in [0.25, 0.3) is 30.4 Å². The van der Waals surface area contributed by atoms with E-state index in [1.807, 2.05) is 0 Å². The molecule has 0 atom stereocenters. The molecule has 0 unspecified atom stereocenters. The first kappa shape index (κ1) is 57.0. The summed E-state index contributed by atoms with van der Waals surface area (Å²) in [6.07, 6.45) is 0. The van der Waals surface area contributed by atoms with Crippen LogP contribution in [0.4, 0.5) is 34.6 Å². The van der Waals surface area contributed by atoms with Crippen molar-refractivity contribution in [2.75, 3.05) is 23.0 Å². The molecule has 0 bridgehead atoms. The predicted molar refractivity (Wildman–Crippen MR) is 216 cm³/mol. The van der Waals surface area contributed by atoms with Gasteiger partial charge in [-0.05, 0) is 77.7 Å². The second-order valence-electron chi connectivity index (χ2n) is 10.9. The second-order valence-corrected chi connectivity index (χ2v) is 18.6. The van der Waals surface area contributed by atoms with Gasteiger partial charge in [-0.25, -0.2) is 12.6 Å². The average molecular weight is 988 g/mol. The van der Waals surface area contributed by atoms with Gasteiger partial charge in [0.05, 0.1) is 38.4 Å². The number of nitrogens with one attached hydrogen (secondary N) is 2. The molecule has 0 saturated heterocycles. The molecule has 4 radical (unpaired) electrons. The summed E-state index contributed by atoms with van der Waals surface area (Å²) in [5.41, 5.74) is -1.48. The van der Waals surface area contributed by atoms with Crippen molar-refractivity contribution < 1.29 is 69.6 Å². The van der Waals surface area contributed by atoms with Gasteiger partial charge in [-0.1, -0.05) is 6.07 Å². The van der Waals surface area contributed by atoms with Gasteiger partial charge in [0.1, 0.15) is 10.6 Å². The normalized spacial score (nSPS) is 12.1. The van der Waals surface area contributed by atoms with E-state index < -0.39 is 117 Å². The molecular weight excluding hydrogens is 966 g/mol. The van der Waals surface area contributed by atoms with Gasteiger partial charge in [-0.3, -0.25) is 18.2 Å². The SMILES string of the molecule is O=S(=O)(O)OCCS(=O)(=O)c1ccc(N=Nc2c(S(=O)(=O)O)cc3cc(S(=O)(=O)O)cc(Nc4nc(Cl)nc(Nc5cccc(S(=O)(=O)O)c5)n4)c3c2O)cc1.[Na].[Na].[Na].[Na]. The van der Waals surface area contributed by atoms with Crippen molar-refractivity contribution in [1.29, 1.82) is 0 Å². The topological polar surface area (TPSA) is 369 Å². The minimum atomic E-state index is -5.28. The van der Waals surface area contributed by atoms with E-state index in [9.17, 15) is 60.9 Å². The van der Waals surface area contributed by atoms with Crippen LogP contribution in [0.3, 0.4) is 0 Å². The molecule has 0 fully saturated rings. The third kappa shape index (κ3) is 15.3. The molecule has 0 aliphatic rings. The van der Waals surface area contributed by atoms with Crippen molar-refractivity contribution >= 4 is 226 Å². The van der Waals surface area contributed by atoms with E-state index in [-0.39, 0.29) is 140 Å². The molecule has 5 aromatic rings. The fourth-order valence-electron chi connectivity index (χ4n) is 4.64. The first-order valence-corrected chi connectivity index (χ1v) is 22.2. The number of nitrogens with zero attached hydrogens (tertiary/aromatic N) is 5. The Morgan fingerprint density at radius 3 is 1.78 bits per heavy atom. The Bertz CT molecular complexity index is 3010. The molecule has 1 aromatic heterocycles. The van der Waals surface area contributed by atoms with Crippen molar-refractivity contribution in [3.63, 3.8) is 0 Å². The molecular formula is C27H22ClN7Na4O16S5. The molecule has 0 aliphatic heterocycles. The zero-order chi connectivity index (χ0) is 41.4. The molecule has 0 amide bonds. The maximum Gasteiger partial charge on any atom is 0.397 e. The summed E-state index contributed by atoms with van der Waals surface area (Å²) in [5, 5.41) is 22.7. The number of anilines is 4. The smallest absolute Gasteiger partial charge is 0.397 e. The standard InChI is InChI=1S/C27H22ClN7O16S5.4Na/c28-25-31-26(29-16-2-1-3-18(12-16)53(39,40)41)33-27(32-25)30-20-13-19(54(42,43)44)10-14-11-21(55(45,46)47)23(24(36)22(14)20)35-34-15-4-6-17(7-5-15)52(37,38)9-8-51-56(48,49)50;;;;/h1-7,10-13,36H,8-9H2,(H,39,40,41)(H,42,43,44)(H,45,46,47)(H,48,49,50)(H2,29,30,31,32,33);;;;. The Labute approximate surface area is 434 Å². The maximum absolute atomic E-state index is 12.5. The number of sulfone groups is 1. The van der Waals surface area contributed by atoms with Crippen LogP contribution in [0.15, 0.2) is 96.5 Å². The summed E-state index contributed by atoms with van der Waals surface area (Å²) in [4.78, 5) is 8.95. The van der Waals surface area contributed by atoms with Crippen molar-refractivity contribution in [3.8, 4) is 5.75 Å². The van der Waals surface area contributed by atoms with Gasteiger partial charge in [-0.2, -0.15) is 53.7 Å². The minimum absolute atomic E-state index is 0. The van der Waals surface area contributed by atoms with Gasteiger partial charge in [0.15, 0.2) is 15.6 Å². The minimum Gasteiger partial charge on any atom is -0.505 e. The van der Waals surface area contributed by atoms with Crippen molar-refractivity contribution in [2.45, 2.75) is 19.6 Å². The Morgan fingerprint density at radius 1 is 0.650 bits per heavy atom. The number of hydrogen-bond donors (Lipinski definition) is 7. The molecule has 0 saturated carbocycles. The Hall–Kier alpha value is -1.01. The van der Waals surface area contributed by atoms with Gasteiger partial charge in [0.2, 0.25) is 17.2 Å². The average Bonchev–Trinajstić information content (AvgIpc) is 3.05. The van der Waals surface area contributed by atoms with Crippen LogP contribution in [0, 0.1) is 0 Å². The zero-order valence-electron chi connectivity index (χ0n) is 31.1. The van der Waals surface area contributed by atoms with Crippen LogP contribution in [-0.2, 0) is 54.8 Å². The Kier molecular flexibility index (Phi) is 21.1. The van der Waals surface area contributed by atoms with Crippen LogP contribution < -0.4 is 10.6 Å². The van der Waals surface area contributed by atoms with Crippen LogP contribution in [0.1, 0.15) is 0 Å². The predicted octanol–water partition coefficient (Wildman–Crippen LogP) is 2.10. The monoisotopic (exact) mass is 987 g/mol. The molecule has 4 aromatic carbocycles. The molecule has 0 aliphatic carbocycles. The number of fused-ring (bicyclic) bond motifs is 1. The fraction of sp³-hybridized carbons (Fsp3) is 0.0741. The van der Waals surface area contributed by atoms with E-state index in [0.29, 0.717) is 6.07 Å². The summed E-state index contributed by atoms with van der Waals surface area (Å²) >= 11 is 6.05. The fourth-order valence-corrected chi connectivity index (χ4v) is 8.02. The zero-order valence-corrected chi connectivity index (χ0v) is 44.0. The molecule has 0 spiro atoms. The van der Waals surface area contributed by atoms with Gasteiger partial charge < -0.3 is 15.7 Å². The molecule has 7 N–H and O–H groups in total. The van der Waals surface area contributed by atoms with Gasteiger partial charge in [0, 0.05) is 129 Å². The van der Waals surface area contributed by atoms with Gasteiger partial charge in [-0.15, -0.1) is 5.11 Å². The summed E-state index contributed by atoms with van der Waals surface area (Å²) in [6.45, 7) is -0.905. The quantitative estimate of drug-likeness (QED) is 0.0476. The molecule has 5 rings (SSSR count). The molecule has 33 heteroatoms. The Balaban J connectivity index is 0.00000450. The summed E-state index contributed by atoms with van der Waals surface area (Å²) < 4.78 is 161. The molecule has 23 nitrogen and oxygen atoms in total. The third-order valence-corrected chi connectivity index (χ3v) is 11.9. The number of benzene rings is 4. The first-order chi connectivity index (χ1) is 25.8. The summed E-state index contributed by atoms with van der Waals surface area (Å²) in [5.74, 6) is -2.73. The van der Waals surface area contributed by atoms with Crippen LogP contribution in [0.2, 0.25) is 5.28 Å². The Morgan fingerprint density at radius 2 is 1.23 bits per heavy atom. The van der Waals surface area contributed by atoms with Crippen LogP contribution in [-0.4, -0.2) is 211 Å². The molecule has 302 valence electrons. The summed E-state index contributed by atoms with van der Waals surface area (Å²) in [6, 6.07) is 11.1. The number of halogens is 1. The van der Waals surface area contributed by atoms with E-state index >= 15 is 0 Å². The van der Waals surface area contributed by atoms with E-state index in [1.165, 1.54) is 12.1 Å². The number of aromatic nitrogens is 3. The van der Waals surface area contributed by atoms with Crippen molar-refractivity contribution in [1.82, 2.24) is 15.0 Å². The van der Waals surface area contributed by atoms with E-state index in [1.54, 1.807) is 0 Å². The van der Waals surface area contributed by atoms with E-state index in [4.69, 9.17) is 16.2 Å². The largest absolute Gasteiger partial charge is 0.505 e. The number of phenolic OH excluding ortho intramolecular Hbond substituents is 1.